The topological polar surface area (TPSA) is 25.4 Å². The normalized spacial score (nSPS) is 14.5. The van der Waals surface area contributed by atoms with Gasteiger partial charge in [-0.25, -0.2) is 9.37 Å². The van der Waals surface area contributed by atoms with Gasteiger partial charge in [0.1, 0.15) is 12.4 Å². The Hall–Kier alpha value is -1.81. The highest BCUT2D eigenvalue weighted by atomic mass is 35.5. The van der Waals surface area contributed by atoms with Crippen molar-refractivity contribution in [1.29, 1.82) is 0 Å². The van der Waals surface area contributed by atoms with Crippen LogP contribution in [0.1, 0.15) is 5.56 Å². The number of pyridine rings is 1. The minimum atomic E-state index is -0.410. The molecular weight excluding hydrogens is 267 g/mol. The molecule has 0 amide bonds. The molecule has 0 saturated carbocycles. The summed E-state index contributed by atoms with van der Waals surface area (Å²) in [5, 5.41) is 0.299. The fourth-order valence-electron chi connectivity index (χ4n) is 2.15. The minimum absolute atomic E-state index is 0.299. The van der Waals surface area contributed by atoms with Crippen molar-refractivity contribution in [2.45, 2.75) is 6.54 Å². The predicted molar refractivity (Wildman–Crippen MR) is 72.2 cm³/mol. The van der Waals surface area contributed by atoms with Crippen LogP contribution in [0.25, 0.3) is 0 Å². The van der Waals surface area contributed by atoms with Crippen LogP contribution >= 0.6 is 11.6 Å². The lowest BCUT2D eigenvalue weighted by Crippen LogP contribution is -2.27. The number of hydrogen-bond acceptors (Lipinski definition) is 3. The average Bonchev–Trinajstić information content (AvgIpc) is 2.60. The first kappa shape index (κ1) is 12.2. The van der Waals surface area contributed by atoms with Gasteiger partial charge in [-0.3, -0.25) is 0 Å². The van der Waals surface area contributed by atoms with Gasteiger partial charge in [0.2, 0.25) is 0 Å². The summed E-state index contributed by atoms with van der Waals surface area (Å²) >= 11 is 5.72. The summed E-state index contributed by atoms with van der Waals surface area (Å²) in [6.45, 7) is 1.66. The van der Waals surface area contributed by atoms with E-state index in [1.165, 1.54) is 12.3 Å². The molecule has 5 heteroatoms. The van der Waals surface area contributed by atoms with Crippen molar-refractivity contribution in [2.75, 3.05) is 18.1 Å². The van der Waals surface area contributed by atoms with Crippen molar-refractivity contribution in [2.24, 2.45) is 0 Å². The van der Waals surface area contributed by atoms with Crippen LogP contribution in [0.15, 0.2) is 36.5 Å². The van der Waals surface area contributed by atoms with E-state index in [4.69, 9.17) is 16.3 Å². The van der Waals surface area contributed by atoms with Crippen molar-refractivity contribution < 1.29 is 9.13 Å². The number of benzene rings is 1. The van der Waals surface area contributed by atoms with E-state index in [-0.39, 0.29) is 0 Å². The molecule has 1 aromatic heterocycles. The molecule has 0 aliphatic carbocycles. The number of aromatic nitrogens is 1. The Morgan fingerprint density at radius 2 is 2.16 bits per heavy atom. The van der Waals surface area contributed by atoms with Gasteiger partial charge in [-0.1, -0.05) is 29.8 Å². The molecule has 0 radical (unpaired) electrons. The summed E-state index contributed by atoms with van der Waals surface area (Å²) < 4.78 is 19.6. The van der Waals surface area contributed by atoms with Crippen molar-refractivity contribution in [3.8, 4) is 5.75 Å². The second-order valence-corrected chi connectivity index (χ2v) is 4.77. The van der Waals surface area contributed by atoms with Crippen molar-refractivity contribution >= 4 is 17.4 Å². The van der Waals surface area contributed by atoms with E-state index in [0.29, 0.717) is 30.5 Å². The third kappa shape index (κ3) is 2.49. The Morgan fingerprint density at radius 1 is 1.32 bits per heavy atom. The van der Waals surface area contributed by atoms with Gasteiger partial charge in [-0.15, -0.1) is 0 Å². The molecule has 19 heavy (non-hydrogen) atoms. The SMILES string of the molecule is Fc1cc(Cl)cnc1N1CCOc2ccccc2C1. The van der Waals surface area contributed by atoms with Crippen LogP contribution in [0.5, 0.6) is 5.75 Å². The Bertz CT molecular complexity index is 606. The van der Waals surface area contributed by atoms with Gasteiger partial charge < -0.3 is 9.64 Å². The zero-order valence-corrected chi connectivity index (χ0v) is 10.9. The number of ether oxygens (including phenoxy) is 1. The monoisotopic (exact) mass is 278 g/mol. The van der Waals surface area contributed by atoms with Crippen LogP contribution in [0, 0.1) is 5.82 Å². The molecular formula is C14H12ClFN2O. The van der Waals surface area contributed by atoms with Crippen LogP contribution in [0.3, 0.4) is 0 Å². The van der Waals surface area contributed by atoms with E-state index >= 15 is 0 Å². The number of hydrogen-bond donors (Lipinski definition) is 0. The molecule has 0 bridgehead atoms. The maximum atomic E-state index is 13.9. The first-order chi connectivity index (χ1) is 9.24. The molecule has 98 valence electrons. The molecule has 0 N–H and O–H groups in total. The molecule has 0 atom stereocenters. The molecule has 2 heterocycles. The number of nitrogens with zero attached hydrogens (tertiary/aromatic N) is 2. The van der Waals surface area contributed by atoms with Gasteiger partial charge in [0.15, 0.2) is 11.6 Å². The van der Waals surface area contributed by atoms with Crippen LogP contribution in [-0.4, -0.2) is 18.1 Å². The Labute approximate surface area is 115 Å². The lowest BCUT2D eigenvalue weighted by atomic mass is 10.2. The van der Waals surface area contributed by atoms with Crippen LogP contribution in [0.2, 0.25) is 5.02 Å². The van der Waals surface area contributed by atoms with Crippen LogP contribution in [-0.2, 0) is 6.54 Å². The van der Waals surface area contributed by atoms with Gasteiger partial charge in [0.25, 0.3) is 0 Å². The van der Waals surface area contributed by atoms with Gasteiger partial charge in [-0.05, 0) is 12.1 Å². The van der Waals surface area contributed by atoms with Crippen molar-refractivity contribution in [1.82, 2.24) is 4.98 Å². The highest BCUT2D eigenvalue weighted by Crippen LogP contribution is 2.27. The molecule has 3 rings (SSSR count). The zero-order valence-electron chi connectivity index (χ0n) is 10.1. The van der Waals surface area contributed by atoms with Gasteiger partial charge in [0.05, 0.1) is 11.6 Å². The smallest absolute Gasteiger partial charge is 0.167 e. The number of anilines is 1. The third-order valence-electron chi connectivity index (χ3n) is 3.04. The van der Waals surface area contributed by atoms with Crippen molar-refractivity contribution in [3.05, 3.63) is 52.9 Å². The van der Waals surface area contributed by atoms with Gasteiger partial charge in [0, 0.05) is 18.3 Å². The first-order valence-corrected chi connectivity index (χ1v) is 6.38. The molecule has 1 aliphatic rings. The Balaban J connectivity index is 1.94. The summed E-state index contributed by atoms with van der Waals surface area (Å²) in [4.78, 5) is 5.94. The Morgan fingerprint density at radius 3 is 3.00 bits per heavy atom. The molecule has 0 unspecified atom stereocenters. The fraction of sp³-hybridized carbons (Fsp3) is 0.214. The quantitative estimate of drug-likeness (QED) is 0.800. The van der Waals surface area contributed by atoms with E-state index in [2.05, 4.69) is 4.98 Å². The number of para-hydroxylation sites is 1. The molecule has 0 fully saturated rings. The van der Waals surface area contributed by atoms with Crippen molar-refractivity contribution in [3.63, 3.8) is 0 Å². The summed E-state index contributed by atoms with van der Waals surface area (Å²) in [5.41, 5.74) is 1.02. The number of rotatable bonds is 1. The summed E-state index contributed by atoms with van der Waals surface area (Å²) in [6, 6.07) is 9.04. The molecule has 1 aliphatic heterocycles. The lowest BCUT2D eigenvalue weighted by molar-refractivity contribution is 0.331. The first-order valence-electron chi connectivity index (χ1n) is 6.01. The molecule has 0 saturated heterocycles. The maximum Gasteiger partial charge on any atom is 0.167 e. The van der Waals surface area contributed by atoms with Gasteiger partial charge in [-0.2, -0.15) is 0 Å². The van der Waals surface area contributed by atoms with E-state index in [1.54, 1.807) is 0 Å². The second kappa shape index (κ2) is 5.05. The van der Waals surface area contributed by atoms with Crippen LogP contribution in [0.4, 0.5) is 10.2 Å². The second-order valence-electron chi connectivity index (χ2n) is 4.34. The maximum absolute atomic E-state index is 13.9. The molecule has 3 nitrogen and oxygen atoms in total. The number of fused-ring (bicyclic) bond motifs is 1. The minimum Gasteiger partial charge on any atom is -0.491 e. The van der Waals surface area contributed by atoms with E-state index in [0.717, 1.165) is 11.3 Å². The largest absolute Gasteiger partial charge is 0.491 e. The highest BCUT2D eigenvalue weighted by molar-refractivity contribution is 6.30. The summed E-state index contributed by atoms with van der Waals surface area (Å²) in [6.07, 6.45) is 1.46. The predicted octanol–water partition coefficient (Wildman–Crippen LogP) is 3.27. The van der Waals surface area contributed by atoms with E-state index in [1.807, 2.05) is 29.2 Å². The summed E-state index contributed by atoms with van der Waals surface area (Å²) in [5.74, 6) is 0.746. The van der Waals surface area contributed by atoms with E-state index in [9.17, 15) is 4.39 Å². The molecule has 0 spiro atoms. The standard InChI is InChI=1S/C14H12ClFN2O/c15-11-7-12(16)14(17-8-11)18-5-6-19-13-4-2-1-3-10(13)9-18/h1-4,7-8H,5-6,9H2. The van der Waals surface area contributed by atoms with E-state index < -0.39 is 5.82 Å². The number of halogens is 2. The average molecular weight is 279 g/mol. The lowest BCUT2D eigenvalue weighted by Gasteiger charge is -2.21. The van der Waals surface area contributed by atoms with Gasteiger partial charge >= 0.3 is 0 Å². The fourth-order valence-corrected chi connectivity index (χ4v) is 2.29. The van der Waals surface area contributed by atoms with Crippen LogP contribution < -0.4 is 9.64 Å². The summed E-state index contributed by atoms with van der Waals surface area (Å²) in [7, 11) is 0. The third-order valence-corrected chi connectivity index (χ3v) is 3.25. The molecule has 2 aromatic rings. The Kier molecular flexibility index (Phi) is 3.25. The molecule has 1 aromatic carbocycles. The highest BCUT2D eigenvalue weighted by Gasteiger charge is 2.19. The zero-order chi connectivity index (χ0) is 13.2.